The van der Waals surface area contributed by atoms with Gasteiger partial charge in [0, 0.05) is 18.3 Å². The van der Waals surface area contributed by atoms with Gasteiger partial charge in [-0.15, -0.1) is 0 Å². The molecule has 0 aromatic rings. The second kappa shape index (κ2) is 7.28. The van der Waals surface area contributed by atoms with Crippen LogP contribution in [0.2, 0.25) is 0 Å². The van der Waals surface area contributed by atoms with Crippen molar-refractivity contribution in [1.82, 2.24) is 0 Å². The van der Waals surface area contributed by atoms with Crippen LogP contribution in [-0.4, -0.2) is 44.7 Å². The third-order valence-corrected chi connectivity index (χ3v) is 4.80. The van der Waals surface area contributed by atoms with Crippen molar-refractivity contribution in [3.8, 4) is 6.07 Å². The molecule has 1 saturated heterocycles. The Morgan fingerprint density at radius 1 is 1.22 bits per heavy atom. The molecule has 2 fully saturated rings. The van der Waals surface area contributed by atoms with Crippen LogP contribution in [0.3, 0.4) is 0 Å². The fourth-order valence-electron chi connectivity index (χ4n) is 3.54. The number of ether oxygens (including phenoxy) is 4. The van der Waals surface area contributed by atoms with E-state index in [-0.39, 0.29) is 13.0 Å². The van der Waals surface area contributed by atoms with Gasteiger partial charge in [0.2, 0.25) is 0 Å². The fraction of sp³-hybridized carbons (Fsp3) is 0.812. The van der Waals surface area contributed by atoms with Gasteiger partial charge in [0.15, 0.2) is 5.79 Å². The normalized spacial score (nSPS) is 23.0. The maximum Gasteiger partial charge on any atom is 0.323 e. The number of carbonyl (C=O) groups excluding carboxylic acids is 2. The number of hydrogen-bond acceptors (Lipinski definition) is 7. The summed E-state index contributed by atoms with van der Waals surface area (Å²) in [6, 6.07) is 2.03. The highest BCUT2D eigenvalue weighted by Crippen LogP contribution is 2.51. The highest BCUT2D eigenvalue weighted by molar-refractivity contribution is 5.78. The van der Waals surface area contributed by atoms with Gasteiger partial charge in [-0.2, -0.15) is 5.26 Å². The summed E-state index contributed by atoms with van der Waals surface area (Å²) in [5.41, 5.74) is -0.797. The zero-order valence-electron chi connectivity index (χ0n) is 13.6. The van der Waals surface area contributed by atoms with Crippen molar-refractivity contribution >= 4 is 11.9 Å². The van der Waals surface area contributed by atoms with E-state index in [4.69, 9.17) is 18.9 Å². The molecule has 23 heavy (non-hydrogen) atoms. The van der Waals surface area contributed by atoms with E-state index in [2.05, 4.69) is 0 Å². The molecule has 128 valence electrons. The highest BCUT2D eigenvalue weighted by Gasteiger charge is 2.53. The zero-order valence-corrected chi connectivity index (χ0v) is 13.6. The van der Waals surface area contributed by atoms with Crippen LogP contribution in [0.5, 0.6) is 0 Å². The molecule has 2 rings (SSSR count). The summed E-state index contributed by atoms with van der Waals surface area (Å²) in [7, 11) is 1.25. The number of rotatable bonds is 5. The molecule has 1 unspecified atom stereocenters. The van der Waals surface area contributed by atoms with Crippen molar-refractivity contribution in [3.05, 3.63) is 0 Å². The van der Waals surface area contributed by atoms with E-state index in [0.29, 0.717) is 38.9 Å². The van der Waals surface area contributed by atoms with Gasteiger partial charge in [-0.1, -0.05) is 0 Å². The van der Waals surface area contributed by atoms with Crippen LogP contribution in [0.15, 0.2) is 0 Å². The van der Waals surface area contributed by atoms with Gasteiger partial charge in [0.1, 0.15) is 5.92 Å². The van der Waals surface area contributed by atoms with Crippen molar-refractivity contribution in [2.45, 2.75) is 44.8 Å². The largest absolute Gasteiger partial charge is 0.468 e. The minimum absolute atomic E-state index is 0.0181. The van der Waals surface area contributed by atoms with Gasteiger partial charge in [-0.25, -0.2) is 0 Å². The van der Waals surface area contributed by atoms with E-state index in [1.165, 1.54) is 7.11 Å². The first kappa shape index (κ1) is 17.7. The predicted octanol–water partition coefficient (Wildman–Crippen LogP) is 1.56. The predicted molar refractivity (Wildman–Crippen MR) is 77.9 cm³/mol. The van der Waals surface area contributed by atoms with E-state index in [1.807, 2.05) is 6.07 Å². The average molecular weight is 325 g/mol. The van der Waals surface area contributed by atoms with E-state index in [0.717, 1.165) is 0 Å². The molecular weight excluding hydrogens is 302 g/mol. The van der Waals surface area contributed by atoms with Gasteiger partial charge < -0.3 is 18.9 Å². The summed E-state index contributed by atoms with van der Waals surface area (Å²) in [5, 5.41) is 9.48. The van der Waals surface area contributed by atoms with Crippen molar-refractivity contribution in [1.29, 1.82) is 5.26 Å². The molecule has 1 atom stereocenters. The lowest BCUT2D eigenvalue weighted by Gasteiger charge is -2.44. The number of hydrogen-bond donors (Lipinski definition) is 0. The van der Waals surface area contributed by atoms with E-state index >= 15 is 0 Å². The summed E-state index contributed by atoms with van der Waals surface area (Å²) < 4.78 is 21.2. The van der Waals surface area contributed by atoms with Gasteiger partial charge >= 0.3 is 11.9 Å². The van der Waals surface area contributed by atoms with Crippen molar-refractivity contribution in [2.75, 3.05) is 26.9 Å². The highest BCUT2D eigenvalue weighted by atomic mass is 16.7. The minimum Gasteiger partial charge on any atom is -0.468 e. The Labute approximate surface area is 135 Å². The summed E-state index contributed by atoms with van der Waals surface area (Å²) in [6.07, 6.45) is 2.05. The Balaban J connectivity index is 2.20. The van der Waals surface area contributed by atoms with E-state index < -0.39 is 29.1 Å². The van der Waals surface area contributed by atoms with Gasteiger partial charge in [0.05, 0.1) is 39.4 Å². The van der Waals surface area contributed by atoms with Gasteiger partial charge in [-0.05, 0) is 19.8 Å². The van der Waals surface area contributed by atoms with Crippen LogP contribution in [0.25, 0.3) is 0 Å². The molecule has 2 aliphatic rings. The molecule has 1 aliphatic heterocycles. The number of methoxy groups -OCH3 is 1. The van der Waals surface area contributed by atoms with Gasteiger partial charge in [0.25, 0.3) is 0 Å². The Morgan fingerprint density at radius 3 is 2.30 bits per heavy atom. The lowest BCUT2D eigenvalue weighted by Crippen LogP contribution is -2.46. The first-order valence-electron chi connectivity index (χ1n) is 7.92. The van der Waals surface area contributed by atoms with Crippen molar-refractivity contribution < 1.29 is 28.5 Å². The van der Waals surface area contributed by atoms with E-state index in [9.17, 15) is 14.9 Å². The molecular formula is C16H23NO6. The minimum atomic E-state index is -1.00. The first-order chi connectivity index (χ1) is 11.0. The number of carbonyl (C=O) groups is 2. The van der Waals surface area contributed by atoms with Gasteiger partial charge in [-0.3, -0.25) is 9.59 Å². The number of nitrogens with zero attached hydrogens (tertiary/aromatic N) is 1. The zero-order chi connectivity index (χ0) is 16.9. The quantitative estimate of drug-likeness (QED) is 0.708. The third-order valence-electron chi connectivity index (χ3n) is 4.80. The Hall–Kier alpha value is -1.65. The molecule has 1 aliphatic carbocycles. The standard InChI is InChI=1S/C16H23NO6/c1-3-21-13(18)10-15(12(11-17)14(19)20-2)4-6-16(7-5-15)22-8-9-23-16/h12H,3-10H2,1-2H3. The molecule has 1 heterocycles. The van der Waals surface area contributed by atoms with Crippen molar-refractivity contribution in [2.24, 2.45) is 11.3 Å². The molecule has 0 N–H and O–H groups in total. The topological polar surface area (TPSA) is 94.9 Å². The molecule has 7 heteroatoms. The Kier molecular flexibility index (Phi) is 5.60. The Bertz CT molecular complexity index is 481. The molecule has 0 radical (unpaired) electrons. The van der Waals surface area contributed by atoms with Crippen LogP contribution in [0.4, 0.5) is 0 Å². The monoisotopic (exact) mass is 325 g/mol. The molecule has 0 amide bonds. The maximum absolute atomic E-state index is 12.0. The molecule has 1 spiro atoms. The number of nitriles is 1. The summed E-state index contributed by atoms with van der Waals surface area (Å²) in [6.45, 7) is 3.08. The molecule has 0 aromatic heterocycles. The average Bonchev–Trinajstić information content (AvgIpc) is 3.00. The molecule has 0 aromatic carbocycles. The smallest absolute Gasteiger partial charge is 0.323 e. The van der Waals surface area contributed by atoms with E-state index in [1.54, 1.807) is 6.92 Å². The summed E-state index contributed by atoms with van der Waals surface area (Å²) >= 11 is 0. The summed E-state index contributed by atoms with van der Waals surface area (Å²) in [5.74, 6) is -2.65. The SMILES string of the molecule is CCOC(=O)CC1(C(C#N)C(=O)OC)CCC2(CC1)OCCO2. The van der Waals surface area contributed by atoms with Crippen molar-refractivity contribution in [3.63, 3.8) is 0 Å². The second-order valence-corrected chi connectivity index (χ2v) is 6.04. The molecule has 0 bridgehead atoms. The van der Waals surface area contributed by atoms with Crippen LogP contribution in [0, 0.1) is 22.7 Å². The van der Waals surface area contributed by atoms with Crippen LogP contribution in [-0.2, 0) is 28.5 Å². The molecule has 1 saturated carbocycles. The Morgan fingerprint density at radius 2 is 1.83 bits per heavy atom. The lowest BCUT2D eigenvalue weighted by atomic mass is 9.63. The molecule has 7 nitrogen and oxygen atoms in total. The first-order valence-corrected chi connectivity index (χ1v) is 7.92. The summed E-state index contributed by atoms with van der Waals surface area (Å²) in [4.78, 5) is 24.1. The fourth-order valence-corrected chi connectivity index (χ4v) is 3.54. The van der Waals surface area contributed by atoms with Crippen LogP contribution < -0.4 is 0 Å². The maximum atomic E-state index is 12.0. The van der Waals surface area contributed by atoms with Crippen LogP contribution in [0.1, 0.15) is 39.0 Å². The second-order valence-electron chi connectivity index (χ2n) is 6.04. The number of esters is 2. The van der Waals surface area contributed by atoms with Crippen LogP contribution >= 0.6 is 0 Å². The lowest BCUT2D eigenvalue weighted by molar-refractivity contribution is -0.200. The third kappa shape index (κ3) is 3.65.